The van der Waals surface area contributed by atoms with E-state index in [0.29, 0.717) is 44.2 Å². The van der Waals surface area contributed by atoms with Crippen molar-refractivity contribution in [3.05, 3.63) is 53.9 Å². The Bertz CT molecular complexity index is 945. The summed E-state index contributed by atoms with van der Waals surface area (Å²) in [5.74, 6) is 0.442. The van der Waals surface area contributed by atoms with Gasteiger partial charge in [0.2, 0.25) is 12.4 Å². The summed E-state index contributed by atoms with van der Waals surface area (Å²) in [6.45, 7) is 6.35. The van der Waals surface area contributed by atoms with E-state index in [9.17, 15) is 9.59 Å². The average molecular weight is 421 g/mol. The Hall–Kier alpha value is -3.42. The van der Waals surface area contributed by atoms with Crippen LogP contribution in [-0.2, 0) is 4.79 Å². The van der Waals surface area contributed by atoms with E-state index in [1.54, 1.807) is 11.1 Å². The Kier molecular flexibility index (Phi) is 6.45. The largest absolute Gasteiger partial charge is 0.370 e. The van der Waals surface area contributed by atoms with E-state index >= 15 is 0 Å². The molecule has 2 saturated heterocycles. The highest BCUT2D eigenvalue weighted by atomic mass is 16.2. The van der Waals surface area contributed by atoms with Gasteiger partial charge < -0.3 is 14.7 Å². The number of hydrogen-bond acceptors (Lipinski definition) is 5. The molecule has 2 aliphatic heterocycles. The molecule has 0 atom stereocenters. The molecule has 0 saturated carbocycles. The molecule has 4 rings (SSSR count). The molecule has 1 N–H and O–H groups in total. The first kappa shape index (κ1) is 20.8. The minimum absolute atomic E-state index is 0.0617. The van der Waals surface area contributed by atoms with E-state index in [2.05, 4.69) is 20.2 Å². The molecule has 2 aromatic rings. The first-order valence-electron chi connectivity index (χ1n) is 10.8. The molecular formula is C23H28N6O2. The molecule has 8 heteroatoms. The van der Waals surface area contributed by atoms with Gasteiger partial charge in [0.05, 0.1) is 17.6 Å². The highest BCUT2D eigenvalue weighted by molar-refractivity contribution is 5.93. The van der Waals surface area contributed by atoms with Crippen molar-refractivity contribution in [2.45, 2.75) is 19.8 Å². The van der Waals surface area contributed by atoms with Gasteiger partial charge in [0.25, 0.3) is 5.91 Å². The molecule has 2 aliphatic rings. The molecule has 3 heterocycles. The van der Waals surface area contributed by atoms with Gasteiger partial charge in [-0.1, -0.05) is 18.2 Å². The van der Waals surface area contributed by atoms with Crippen LogP contribution in [-0.4, -0.2) is 72.3 Å². The third-order valence-corrected chi connectivity index (χ3v) is 5.83. The van der Waals surface area contributed by atoms with E-state index < -0.39 is 0 Å². The first-order valence-corrected chi connectivity index (χ1v) is 10.8. The van der Waals surface area contributed by atoms with Gasteiger partial charge in [-0.05, 0) is 43.5 Å². The Balaban J connectivity index is 1.39. The number of nitrogens with one attached hydrogen (secondary N) is 1. The van der Waals surface area contributed by atoms with Gasteiger partial charge in [-0.2, -0.15) is 0 Å². The molecule has 2 fully saturated rings. The van der Waals surface area contributed by atoms with Gasteiger partial charge >= 0.3 is 0 Å². The second-order valence-electron chi connectivity index (χ2n) is 7.86. The van der Waals surface area contributed by atoms with Gasteiger partial charge in [0.1, 0.15) is 5.69 Å². The lowest BCUT2D eigenvalue weighted by molar-refractivity contribution is -0.108. The quantitative estimate of drug-likeness (QED) is 0.466. The number of carbonyl (C=O) groups excluding carboxylic acids is 2. The third kappa shape index (κ3) is 4.84. The number of benzene rings is 1. The molecule has 8 nitrogen and oxygen atoms in total. The number of hydrogen-bond donors (Lipinski definition) is 1. The average Bonchev–Trinajstić information content (AvgIpc) is 3.35. The minimum atomic E-state index is -0.0617. The second kappa shape index (κ2) is 9.59. The molecule has 162 valence electrons. The lowest BCUT2D eigenvalue weighted by atomic mass is 10.2. The van der Waals surface area contributed by atoms with Crippen LogP contribution in [0.15, 0.2) is 47.6 Å². The number of aliphatic imine (C=N–C) groups is 1. The van der Waals surface area contributed by atoms with Crippen LogP contribution in [0.3, 0.4) is 0 Å². The van der Waals surface area contributed by atoms with Gasteiger partial charge in [-0.25, -0.2) is 9.98 Å². The van der Waals surface area contributed by atoms with Crippen LogP contribution in [0.5, 0.6) is 0 Å². The van der Waals surface area contributed by atoms with Crippen LogP contribution in [0, 0.1) is 6.92 Å². The van der Waals surface area contributed by atoms with E-state index in [1.807, 2.05) is 48.2 Å². The molecule has 1 aromatic carbocycles. The summed E-state index contributed by atoms with van der Waals surface area (Å²) >= 11 is 0. The maximum absolute atomic E-state index is 12.9. The Morgan fingerprint density at radius 1 is 1.00 bits per heavy atom. The van der Waals surface area contributed by atoms with Crippen LogP contribution in [0.2, 0.25) is 0 Å². The predicted octanol–water partition coefficient (Wildman–Crippen LogP) is 2.18. The predicted molar refractivity (Wildman–Crippen MR) is 121 cm³/mol. The highest BCUT2D eigenvalue weighted by Gasteiger charge is 2.25. The van der Waals surface area contributed by atoms with Crippen LogP contribution >= 0.6 is 0 Å². The standard InChI is InChI=1S/C23H28N6O2/c1-18-6-2-3-7-20(18)26-23(25-17-30)29-14-12-28(13-15-29)22(31)21-9-8-19(16-24-21)27-10-4-5-11-27/h2-3,6-9,16-17H,4-5,10-15H2,1H3,(H,25,26,30). The van der Waals surface area contributed by atoms with E-state index in [4.69, 9.17) is 0 Å². The van der Waals surface area contributed by atoms with Crippen molar-refractivity contribution in [2.75, 3.05) is 44.2 Å². The zero-order valence-electron chi connectivity index (χ0n) is 17.8. The molecule has 31 heavy (non-hydrogen) atoms. The Labute approximate surface area is 182 Å². The molecule has 0 aliphatic carbocycles. The van der Waals surface area contributed by atoms with Crippen LogP contribution in [0.25, 0.3) is 0 Å². The molecule has 1 aromatic heterocycles. The van der Waals surface area contributed by atoms with Gasteiger partial charge in [0, 0.05) is 39.3 Å². The Morgan fingerprint density at radius 3 is 2.35 bits per heavy atom. The van der Waals surface area contributed by atoms with Crippen LogP contribution in [0.1, 0.15) is 28.9 Å². The number of pyridine rings is 1. The summed E-state index contributed by atoms with van der Waals surface area (Å²) in [5, 5.41) is 2.71. The van der Waals surface area contributed by atoms with Gasteiger partial charge in [-0.3, -0.25) is 14.9 Å². The first-order chi connectivity index (χ1) is 15.2. The van der Waals surface area contributed by atoms with E-state index in [1.165, 1.54) is 12.8 Å². The monoisotopic (exact) mass is 420 g/mol. The normalized spacial score (nSPS) is 17.1. The molecule has 0 bridgehead atoms. The summed E-state index contributed by atoms with van der Waals surface area (Å²) in [6, 6.07) is 11.6. The highest BCUT2D eigenvalue weighted by Crippen LogP contribution is 2.20. The van der Waals surface area contributed by atoms with E-state index in [-0.39, 0.29) is 5.91 Å². The maximum atomic E-state index is 12.9. The van der Waals surface area contributed by atoms with Gasteiger partial charge in [-0.15, -0.1) is 0 Å². The lowest BCUT2D eigenvalue weighted by Crippen LogP contribution is -2.53. The van der Waals surface area contributed by atoms with Crippen molar-refractivity contribution in [1.82, 2.24) is 20.1 Å². The molecule has 0 unspecified atom stereocenters. The van der Waals surface area contributed by atoms with Crippen LogP contribution in [0.4, 0.5) is 11.4 Å². The zero-order chi connectivity index (χ0) is 21.6. The molecule has 0 spiro atoms. The summed E-state index contributed by atoms with van der Waals surface area (Å²) in [6.07, 6.45) is 4.86. The number of anilines is 1. The fourth-order valence-corrected chi connectivity index (χ4v) is 4.01. The third-order valence-electron chi connectivity index (χ3n) is 5.83. The number of rotatable bonds is 4. The zero-order valence-corrected chi connectivity index (χ0v) is 17.8. The molecule has 0 radical (unpaired) electrons. The summed E-state index contributed by atoms with van der Waals surface area (Å²) in [4.78, 5) is 39.2. The molecular weight excluding hydrogens is 392 g/mol. The van der Waals surface area contributed by atoms with Gasteiger partial charge in [0.15, 0.2) is 0 Å². The topological polar surface area (TPSA) is 81.1 Å². The van der Waals surface area contributed by atoms with Crippen LogP contribution < -0.4 is 10.2 Å². The number of para-hydroxylation sites is 1. The summed E-state index contributed by atoms with van der Waals surface area (Å²) < 4.78 is 0. The van der Waals surface area contributed by atoms with E-state index in [0.717, 1.165) is 30.0 Å². The fraction of sp³-hybridized carbons (Fsp3) is 0.391. The minimum Gasteiger partial charge on any atom is -0.370 e. The second-order valence-corrected chi connectivity index (χ2v) is 7.86. The van der Waals surface area contributed by atoms with Crippen molar-refractivity contribution in [1.29, 1.82) is 0 Å². The lowest BCUT2D eigenvalue weighted by Gasteiger charge is -2.36. The van der Waals surface area contributed by atoms with Crippen molar-refractivity contribution in [2.24, 2.45) is 4.99 Å². The van der Waals surface area contributed by atoms with Crippen molar-refractivity contribution >= 4 is 29.7 Å². The number of carbonyl (C=O) groups is 2. The Morgan fingerprint density at radius 2 is 1.71 bits per heavy atom. The number of aryl methyl sites for hydroxylation is 1. The summed E-state index contributed by atoms with van der Waals surface area (Å²) in [7, 11) is 0. The molecule has 2 amide bonds. The number of guanidine groups is 1. The number of nitrogens with zero attached hydrogens (tertiary/aromatic N) is 5. The van der Waals surface area contributed by atoms with Crippen molar-refractivity contribution in [3.63, 3.8) is 0 Å². The van der Waals surface area contributed by atoms with Crippen molar-refractivity contribution < 1.29 is 9.59 Å². The SMILES string of the molecule is Cc1ccccc1/N=C(\NC=O)N1CCN(C(=O)c2ccc(N3CCCC3)cn2)CC1. The number of aromatic nitrogens is 1. The smallest absolute Gasteiger partial charge is 0.272 e. The number of amides is 2. The maximum Gasteiger partial charge on any atom is 0.272 e. The van der Waals surface area contributed by atoms with Crippen molar-refractivity contribution in [3.8, 4) is 0 Å². The summed E-state index contributed by atoms with van der Waals surface area (Å²) in [5.41, 5.74) is 3.39. The fourth-order valence-electron chi connectivity index (χ4n) is 4.01. The number of piperazine rings is 1.